The molecule has 0 saturated carbocycles. The maximum absolute atomic E-state index is 5.23. The summed E-state index contributed by atoms with van der Waals surface area (Å²) >= 11 is 1.73. The summed E-state index contributed by atoms with van der Waals surface area (Å²) in [5, 5.41) is 9.93. The molecule has 0 unspecified atom stereocenters. The molecule has 1 aromatic heterocycles. The maximum atomic E-state index is 5.23. The van der Waals surface area contributed by atoms with E-state index in [1.807, 2.05) is 25.1 Å². The van der Waals surface area contributed by atoms with E-state index in [9.17, 15) is 0 Å². The average molecular weight is 460 g/mol. The molecule has 0 radical (unpaired) electrons. The van der Waals surface area contributed by atoms with Gasteiger partial charge in [-0.3, -0.25) is 4.99 Å². The van der Waals surface area contributed by atoms with E-state index in [1.165, 1.54) is 5.01 Å². The van der Waals surface area contributed by atoms with Crippen molar-refractivity contribution in [2.24, 2.45) is 4.99 Å². The van der Waals surface area contributed by atoms with Gasteiger partial charge in [0, 0.05) is 37.6 Å². The topological polar surface area (TPSA) is 58.5 Å². The molecule has 2 aromatic rings. The Morgan fingerprint density at radius 3 is 2.83 bits per heavy atom. The lowest BCUT2D eigenvalue weighted by Crippen LogP contribution is -2.37. The molecule has 0 aliphatic rings. The van der Waals surface area contributed by atoms with Crippen LogP contribution < -0.4 is 15.4 Å². The molecule has 0 atom stereocenters. The molecule has 5 nitrogen and oxygen atoms in total. The standard InChI is InChI=1S/C17H24N4OS.HI/c1-13-12-23-16(21-13)8-5-9-19-17(18-2)20-11-14-6-4-7-15(10-14)22-3;/h4,6-7,10,12H,5,8-9,11H2,1-3H3,(H2,18,19,20);1H. The predicted octanol–water partition coefficient (Wildman–Crippen LogP) is 3.38. The van der Waals surface area contributed by atoms with E-state index in [-0.39, 0.29) is 24.0 Å². The number of methoxy groups -OCH3 is 1. The lowest BCUT2D eigenvalue weighted by Gasteiger charge is -2.12. The van der Waals surface area contributed by atoms with Gasteiger partial charge in [-0.15, -0.1) is 35.3 Å². The van der Waals surface area contributed by atoms with Crippen LogP contribution in [0, 0.1) is 6.92 Å². The van der Waals surface area contributed by atoms with Crippen molar-refractivity contribution < 1.29 is 4.74 Å². The van der Waals surface area contributed by atoms with Crippen LogP contribution in [-0.4, -0.2) is 31.6 Å². The summed E-state index contributed by atoms with van der Waals surface area (Å²) in [6.07, 6.45) is 2.03. The van der Waals surface area contributed by atoms with Gasteiger partial charge in [0.05, 0.1) is 12.1 Å². The van der Waals surface area contributed by atoms with Crippen molar-refractivity contribution in [1.29, 1.82) is 0 Å². The Hall–Kier alpha value is -1.35. The van der Waals surface area contributed by atoms with Gasteiger partial charge in [-0.05, 0) is 31.0 Å². The van der Waals surface area contributed by atoms with Crippen LogP contribution in [0.3, 0.4) is 0 Å². The minimum Gasteiger partial charge on any atom is -0.497 e. The number of aromatic nitrogens is 1. The molecule has 0 aliphatic carbocycles. The number of benzene rings is 1. The van der Waals surface area contributed by atoms with Gasteiger partial charge in [-0.2, -0.15) is 0 Å². The summed E-state index contributed by atoms with van der Waals surface area (Å²) in [6.45, 7) is 3.61. The van der Waals surface area contributed by atoms with Crippen molar-refractivity contribution >= 4 is 41.3 Å². The summed E-state index contributed by atoms with van der Waals surface area (Å²) in [6, 6.07) is 8.01. The van der Waals surface area contributed by atoms with Crippen LogP contribution in [0.25, 0.3) is 0 Å². The Bertz CT molecular complexity index is 645. The second-order valence-corrected chi connectivity index (χ2v) is 6.13. The summed E-state index contributed by atoms with van der Waals surface area (Å²) in [4.78, 5) is 8.72. The largest absolute Gasteiger partial charge is 0.497 e. The highest BCUT2D eigenvalue weighted by atomic mass is 127. The van der Waals surface area contributed by atoms with E-state index < -0.39 is 0 Å². The third kappa shape index (κ3) is 7.04. The molecule has 1 heterocycles. The smallest absolute Gasteiger partial charge is 0.191 e. The van der Waals surface area contributed by atoms with Gasteiger partial charge in [0.1, 0.15) is 5.75 Å². The number of aryl methyl sites for hydroxylation is 2. The number of nitrogens with one attached hydrogen (secondary N) is 2. The van der Waals surface area contributed by atoms with Gasteiger partial charge >= 0.3 is 0 Å². The van der Waals surface area contributed by atoms with Gasteiger partial charge in [0.15, 0.2) is 5.96 Å². The number of halogens is 1. The minimum atomic E-state index is 0. The molecule has 7 heteroatoms. The second-order valence-electron chi connectivity index (χ2n) is 5.19. The van der Waals surface area contributed by atoms with E-state index >= 15 is 0 Å². The first-order valence-electron chi connectivity index (χ1n) is 7.69. The molecule has 0 fully saturated rings. The first-order valence-corrected chi connectivity index (χ1v) is 8.57. The minimum absolute atomic E-state index is 0. The number of hydrogen-bond acceptors (Lipinski definition) is 4. The average Bonchev–Trinajstić information content (AvgIpc) is 2.99. The normalized spacial score (nSPS) is 10.9. The van der Waals surface area contributed by atoms with Crippen LogP contribution in [0.2, 0.25) is 0 Å². The fourth-order valence-electron chi connectivity index (χ4n) is 2.15. The predicted molar refractivity (Wildman–Crippen MR) is 112 cm³/mol. The first kappa shape index (κ1) is 20.7. The van der Waals surface area contributed by atoms with Crippen LogP contribution in [0.1, 0.15) is 22.7 Å². The van der Waals surface area contributed by atoms with Crippen LogP contribution >= 0.6 is 35.3 Å². The molecule has 1 aromatic carbocycles. The SMILES string of the molecule is CN=C(NCCCc1nc(C)cs1)NCc1cccc(OC)c1.I. The lowest BCUT2D eigenvalue weighted by molar-refractivity contribution is 0.414. The highest BCUT2D eigenvalue weighted by Gasteiger charge is 2.01. The van der Waals surface area contributed by atoms with Crippen molar-refractivity contribution in [3.8, 4) is 5.75 Å². The molecule has 0 spiro atoms. The van der Waals surface area contributed by atoms with Gasteiger partial charge in [-0.25, -0.2) is 4.98 Å². The van der Waals surface area contributed by atoms with Crippen LogP contribution in [0.4, 0.5) is 0 Å². The van der Waals surface area contributed by atoms with Gasteiger partial charge in [-0.1, -0.05) is 12.1 Å². The van der Waals surface area contributed by atoms with Crippen molar-refractivity contribution in [2.45, 2.75) is 26.3 Å². The Labute approximate surface area is 165 Å². The molecule has 24 heavy (non-hydrogen) atoms. The fraction of sp³-hybridized carbons (Fsp3) is 0.412. The summed E-state index contributed by atoms with van der Waals surface area (Å²) in [5.74, 6) is 1.68. The molecule has 0 saturated heterocycles. The van der Waals surface area contributed by atoms with Gasteiger partial charge in [0.25, 0.3) is 0 Å². The zero-order valence-electron chi connectivity index (χ0n) is 14.3. The molecule has 2 rings (SSSR count). The molecule has 2 N–H and O–H groups in total. The van der Waals surface area contributed by atoms with Crippen LogP contribution in [0.5, 0.6) is 5.75 Å². The maximum Gasteiger partial charge on any atom is 0.191 e. The monoisotopic (exact) mass is 460 g/mol. The molecule has 0 amide bonds. The number of thiazole rings is 1. The Balaban J connectivity index is 0.00000288. The van der Waals surface area contributed by atoms with E-state index in [4.69, 9.17) is 4.74 Å². The number of ether oxygens (including phenoxy) is 1. The Morgan fingerprint density at radius 2 is 2.17 bits per heavy atom. The first-order chi connectivity index (χ1) is 11.2. The molecule has 0 bridgehead atoms. The molecular formula is C17H25IN4OS. The van der Waals surface area contributed by atoms with Crippen molar-refractivity contribution in [1.82, 2.24) is 15.6 Å². The molecule has 132 valence electrons. The number of hydrogen-bond donors (Lipinski definition) is 2. The molecule has 0 aliphatic heterocycles. The Morgan fingerprint density at radius 1 is 1.33 bits per heavy atom. The third-order valence-electron chi connectivity index (χ3n) is 3.34. The van der Waals surface area contributed by atoms with Gasteiger partial charge < -0.3 is 15.4 Å². The second kappa shape index (κ2) is 11.2. The van der Waals surface area contributed by atoms with Crippen molar-refractivity contribution in [2.75, 3.05) is 20.7 Å². The third-order valence-corrected chi connectivity index (χ3v) is 4.37. The zero-order valence-corrected chi connectivity index (χ0v) is 17.5. The highest BCUT2D eigenvalue weighted by molar-refractivity contribution is 14.0. The van der Waals surface area contributed by atoms with Crippen LogP contribution in [0.15, 0.2) is 34.6 Å². The lowest BCUT2D eigenvalue weighted by atomic mass is 10.2. The van der Waals surface area contributed by atoms with E-state index in [0.29, 0.717) is 6.54 Å². The quantitative estimate of drug-likeness (QED) is 0.288. The van der Waals surface area contributed by atoms with E-state index in [2.05, 4.69) is 32.1 Å². The Kier molecular flexibility index (Phi) is 9.70. The van der Waals surface area contributed by atoms with E-state index in [1.54, 1.807) is 25.5 Å². The zero-order chi connectivity index (χ0) is 16.5. The molecular weight excluding hydrogens is 435 g/mol. The fourth-order valence-corrected chi connectivity index (χ4v) is 2.97. The summed E-state index contributed by atoms with van der Waals surface area (Å²) < 4.78 is 5.23. The van der Waals surface area contributed by atoms with Crippen molar-refractivity contribution in [3.63, 3.8) is 0 Å². The van der Waals surface area contributed by atoms with Crippen molar-refractivity contribution in [3.05, 3.63) is 45.9 Å². The number of guanidine groups is 1. The number of nitrogens with zero attached hydrogens (tertiary/aromatic N) is 2. The van der Waals surface area contributed by atoms with Gasteiger partial charge in [0.2, 0.25) is 0 Å². The summed E-state index contributed by atoms with van der Waals surface area (Å²) in [7, 11) is 3.46. The van der Waals surface area contributed by atoms with E-state index in [0.717, 1.165) is 42.4 Å². The van der Waals surface area contributed by atoms with Crippen LogP contribution in [-0.2, 0) is 13.0 Å². The number of aliphatic imine (C=N–C) groups is 1. The highest BCUT2D eigenvalue weighted by Crippen LogP contribution is 2.12. The number of rotatable bonds is 7. The summed E-state index contributed by atoms with van der Waals surface area (Å²) in [5.41, 5.74) is 2.26.